The van der Waals surface area contributed by atoms with E-state index in [1.54, 1.807) is 7.05 Å². The molecule has 0 aromatic rings. The van der Waals surface area contributed by atoms with E-state index in [2.05, 4.69) is 9.89 Å². The SMILES string of the molecule is CN=C(N)N1CCCC1C1CCCC1. The second kappa shape index (κ2) is 4.20. The van der Waals surface area contributed by atoms with E-state index < -0.39 is 0 Å². The van der Waals surface area contributed by atoms with Crippen LogP contribution in [0.15, 0.2) is 4.99 Å². The molecule has 0 amide bonds. The van der Waals surface area contributed by atoms with Gasteiger partial charge in [-0.15, -0.1) is 0 Å². The van der Waals surface area contributed by atoms with Gasteiger partial charge in [-0.3, -0.25) is 4.99 Å². The lowest BCUT2D eigenvalue weighted by Crippen LogP contribution is -2.43. The zero-order valence-electron chi connectivity index (χ0n) is 9.08. The molecule has 0 spiro atoms. The van der Waals surface area contributed by atoms with E-state index in [0.717, 1.165) is 18.4 Å². The van der Waals surface area contributed by atoms with Crippen molar-refractivity contribution in [1.29, 1.82) is 0 Å². The molecular weight excluding hydrogens is 174 g/mol. The molecule has 2 N–H and O–H groups in total. The Morgan fingerprint density at radius 3 is 2.57 bits per heavy atom. The lowest BCUT2D eigenvalue weighted by Gasteiger charge is -2.30. The highest BCUT2D eigenvalue weighted by molar-refractivity contribution is 5.78. The van der Waals surface area contributed by atoms with Crippen LogP contribution in [0.1, 0.15) is 38.5 Å². The van der Waals surface area contributed by atoms with Crippen molar-refractivity contribution in [3.05, 3.63) is 0 Å². The van der Waals surface area contributed by atoms with Crippen LogP contribution in [0, 0.1) is 5.92 Å². The first-order chi connectivity index (χ1) is 6.83. The van der Waals surface area contributed by atoms with Gasteiger partial charge in [0.05, 0.1) is 0 Å². The summed E-state index contributed by atoms with van der Waals surface area (Å²) in [6.45, 7) is 1.12. The molecule has 0 bridgehead atoms. The Kier molecular flexibility index (Phi) is 2.94. The van der Waals surface area contributed by atoms with Crippen molar-refractivity contribution in [3.8, 4) is 0 Å². The number of rotatable bonds is 1. The van der Waals surface area contributed by atoms with E-state index in [1.807, 2.05) is 0 Å². The molecule has 1 unspecified atom stereocenters. The molecule has 3 nitrogen and oxygen atoms in total. The van der Waals surface area contributed by atoms with Crippen molar-refractivity contribution in [3.63, 3.8) is 0 Å². The Morgan fingerprint density at radius 2 is 1.93 bits per heavy atom. The fourth-order valence-corrected chi connectivity index (χ4v) is 3.04. The van der Waals surface area contributed by atoms with Crippen molar-refractivity contribution in [2.75, 3.05) is 13.6 Å². The van der Waals surface area contributed by atoms with Crippen LogP contribution in [0.2, 0.25) is 0 Å². The summed E-state index contributed by atoms with van der Waals surface area (Å²) in [5, 5.41) is 0. The normalized spacial score (nSPS) is 30.2. The molecule has 1 aliphatic heterocycles. The maximum atomic E-state index is 5.91. The van der Waals surface area contributed by atoms with Crippen LogP contribution in [-0.2, 0) is 0 Å². The minimum atomic E-state index is 0.696. The number of aliphatic imine (C=N–C) groups is 1. The van der Waals surface area contributed by atoms with Crippen molar-refractivity contribution in [2.45, 2.75) is 44.6 Å². The topological polar surface area (TPSA) is 41.6 Å². The smallest absolute Gasteiger partial charge is 0.191 e. The van der Waals surface area contributed by atoms with Gasteiger partial charge in [-0.05, 0) is 31.6 Å². The highest BCUT2D eigenvalue weighted by Gasteiger charge is 2.33. The Hall–Kier alpha value is -0.730. The molecule has 14 heavy (non-hydrogen) atoms. The average Bonchev–Trinajstić information content (AvgIpc) is 2.85. The van der Waals surface area contributed by atoms with Crippen molar-refractivity contribution in [1.82, 2.24) is 4.90 Å². The number of nitrogens with two attached hydrogens (primary N) is 1. The maximum absolute atomic E-state index is 5.91. The fraction of sp³-hybridized carbons (Fsp3) is 0.909. The van der Waals surface area contributed by atoms with E-state index in [4.69, 9.17) is 5.73 Å². The van der Waals surface area contributed by atoms with Gasteiger partial charge in [0.1, 0.15) is 0 Å². The third kappa shape index (κ3) is 1.72. The van der Waals surface area contributed by atoms with Crippen LogP contribution in [0.5, 0.6) is 0 Å². The van der Waals surface area contributed by atoms with Crippen LogP contribution < -0.4 is 5.73 Å². The van der Waals surface area contributed by atoms with Crippen LogP contribution in [-0.4, -0.2) is 30.5 Å². The summed E-state index contributed by atoms with van der Waals surface area (Å²) in [4.78, 5) is 6.44. The molecule has 1 aliphatic carbocycles. The number of likely N-dealkylation sites (tertiary alicyclic amines) is 1. The summed E-state index contributed by atoms with van der Waals surface area (Å²) in [7, 11) is 1.79. The molecule has 0 aromatic heterocycles. The second-order valence-corrected chi connectivity index (χ2v) is 4.53. The first-order valence-electron chi connectivity index (χ1n) is 5.82. The zero-order chi connectivity index (χ0) is 9.97. The first kappa shape index (κ1) is 9.81. The van der Waals surface area contributed by atoms with Gasteiger partial charge in [0.2, 0.25) is 0 Å². The Morgan fingerprint density at radius 1 is 1.21 bits per heavy atom. The van der Waals surface area contributed by atoms with E-state index in [1.165, 1.54) is 38.5 Å². The van der Waals surface area contributed by atoms with Crippen molar-refractivity contribution < 1.29 is 0 Å². The summed E-state index contributed by atoms with van der Waals surface area (Å²) >= 11 is 0. The Balaban J connectivity index is 2.02. The van der Waals surface area contributed by atoms with Crippen LogP contribution >= 0.6 is 0 Å². The van der Waals surface area contributed by atoms with E-state index in [9.17, 15) is 0 Å². The molecule has 1 saturated heterocycles. The number of hydrogen-bond donors (Lipinski definition) is 1. The number of nitrogens with zero attached hydrogens (tertiary/aromatic N) is 2. The highest BCUT2D eigenvalue weighted by atomic mass is 15.3. The largest absolute Gasteiger partial charge is 0.370 e. The molecule has 3 heteroatoms. The molecule has 1 saturated carbocycles. The predicted molar refractivity (Wildman–Crippen MR) is 59.2 cm³/mol. The predicted octanol–water partition coefficient (Wildman–Crippen LogP) is 1.59. The zero-order valence-corrected chi connectivity index (χ0v) is 9.08. The van der Waals surface area contributed by atoms with Gasteiger partial charge in [-0.1, -0.05) is 12.8 Å². The standard InChI is InChI=1S/C11H21N3/c1-13-11(12)14-8-4-7-10(14)9-5-2-3-6-9/h9-10H,2-8H2,1H3,(H2,12,13). The summed E-state index contributed by atoms with van der Waals surface area (Å²) < 4.78 is 0. The second-order valence-electron chi connectivity index (χ2n) is 4.53. The number of hydrogen-bond acceptors (Lipinski definition) is 1. The van der Waals surface area contributed by atoms with Crippen molar-refractivity contribution >= 4 is 5.96 Å². The van der Waals surface area contributed by atoms with E-state index in [-0.39, 0.29) is 0 Å². The highest BCUT2D eigenvalue weighted by Crippen LogP contribution is 2.35. The molecule has 80 valence electrons. The maximum Gasteiger partial charge on any atom is 0.191 e. The summed E-state index contributed by atoms with van der Waals surface area (Å²) in [6.07, 6.45) is 8.24. The van der Waals surface area contributed by atoms with Gasteiger partial charge in [0.25, 0.3) is 0 Å². The molecule has 2 aliphatic rings. The summed E-state index contributed by atoms with van der Waals surface area (Å²) in [6, 6.07) is 0.696. The average molecular weight is 195 g/mol. The molecule has 2 fully saturated rings. The van der Waals surface area contributed by atoms with Crippen LogP contribution in [0.3, 0.4) is 0 Å². The molecule has 0 aromatic carbocycles. The summed E-state index contributed by atoms with van der Waals surface area (Å²) in [5.41, 5.74) is 5.91. The molecule has 1 heterocycles. The molecule has 1 atom stereocenters. The lowest BCUT2D eigenvalue weighted by atomic mass is 9.96. The quantitative estimate of drug-likeness (QED) is 0.510. The van der Waals surface area contributed by atoms with Gasteiger partial charge < -0.3 is 10.6 Å². The van der Waals surface area contributed by atoms with E-state index in [0.29, 0.717) is 6.04 Å². The molecule has 0 radical (unpaired) electrons. The Labute approximate surface area is 86.4 Å². The van der Waals surface area contributed by atoms with Gasteiger partial charge >= 0.3 is 0 Å². The van der Waals surface area contributed by atoms with Crippen molar-refractivity contribution in [2.24, 2.45) is 16.6 Å². The van der Waals surface area contributed by atoms with Gasteiger partial charge in [-0.25, -0.2) is 0 Å². The molecular formula is C11H21N3. The monoisotopic (exact) mass is 195 g/mol. The first-order valence-corrected chi connectivity index (χ1v) is 5.82. The fourth-order valence-electron chi connectivity index (χ4n) is 3.04. The van der Waals surface area contributed by atoms with Gasteiger partial charge in [0, 0.05) is 19.6 Å². The minimum absolute atomic E-state index is 0.696. The third-order valence-corrected chi connectivity index (χ3v) is 3.77. The third-order valence-electron chi connectivity index (χ3n) is 3.77. The van der Waals surface area contributed by atoms with Crippen LogP contribution in [0.25, 0.3) is 0 Å². The van der Waals surface area contributed by atoms with Crippen LogP contribution in [0.4, 0.5) is 0 Å². The van der Waals surface area contributed by atoms with E-state index >= 15 is 0 Å². The molecule has 2 rings (SSSR count). The van der Waals surface area contributed by atoms with Gasteiger partial charge in [-0.2, -0.15) is 0 Å². The van der Waals surface area contributed by atoms with Gasteiger partial charge in [0.15, 0.2) is 5.96 Å². The lowest BCUT2D eigenvalue weighted by molar-refractivity contribution is 0.278. The number of guanidine groups is 1. The minimum Gasteiger partial charge on any atom is -0.370 e. The summed E-state index contributed by atoms with van der Waals surface area (Å²) in [5.74, 6) is 1.64. The Bertz CT molecular complexity index is 219.